The molecule has 1 aliphatic rings. The second-order valence-electron chi connectivity index (χ2n) is 6.85. The number of halogens is 2. The molecule has 0 saturated carbocycles. The number of likely N-dealkylation sites (tertiary alicyclic amines) is 1. The molecule has 1 fully saturated rings. The maximum Gasteiger partial charge on any atom is 0.237 e. The SMILES string of the molecule is COc1cc([C@H]2CN(C)C(=O)[C@@H]2C(=O)Nc2cccc(F)c2F)cc(OC)c1OC. The van der Waals surface area contributed by atoms with Crippen molar-refractivity contribution in [2.75, 3.05) is 40.2 Å². The van der Waals surface area contributed by atoms with E-state index in [9.17, 15) is 18.4 Å². The van der Waals surface area contributed by atoms with E-state index in [0.29, 0.717) is 22.8 Å². The molecule has 0 radical (unpaired) electrons. The summed E-state index contributed by atoms with van der Waals surface area (Å²) in [7, 11) is 5.97. The number of benzene rings is 2. The molecule has 3 rings (SSSR count). The lowest BCUT2D eigenvalue weighted by molar-refractivity contribution is -0.135. The minimum Gasteiger partial charge on any atom is -0.493 e. The van der Waals surface area contributed by atoms with Crippen molar-refractivity contribution in [1.29, 1.82) is 0 Å². The third-order valence-corrected chi connectivity index (χ3v) is 5.12. The number of amides is 2. The fourth-order valence-electron chi connectivity index (χ4n) is 3.62. The first kappa shape index (κ1) is 21.4. The van der Waals surface area contributed by atoms with E-state index in [2.05, 4.69) is 5.32 Å². The summed E-state index contributed by atoms with van der Waals surface area (Å²) in [6, 6.07) is 6.78. The highest BCUT2D eigenvalue weighted by molar-refractivity contribution is 6.08. The summed E-state index contributed by atoms with van der Waals surface area (Å²) in [4.78, 5) is 27.0. The molecule has 0 aromatic heterocycles. The number of nitrogens with one attached hydrogen (secondary N) is 1. The molecule has 1 aliphatic heterocycles. The summed E-state index contributed by atoms with van der Waals surface area (Å²) in [6.07, 6.45) is 0. The quantitative estimate of drug-likeness (QED) is 0.728. The van der Waals surface area contributed by atoms with Gasteiger partial charge in [-0.25, -0.2) is 8.78 Å². The highest BCUT2D eigenvalue weighted by atomic mass is 19.2. The van der Waals surface area contributed by atoms with Gasteiger partial charge < -0.3 is 24.4 Å². The van der Waals surface area contributed by atoms with Crippen molar-refractivity contribution in [1.82, 2.24) is 4.90 Å². The molecule has 2 aromatic carbocycles. The van der Waals surface area contributed by atoms with Gasteiger partial charge in [-0.1, -0.05) is 6.07 Å². The van der Waals surface area contributed by atoms with E-state index in [1.165, 1.54) is 38.4 Å². The summed E-state index contributed by atoms with van der Waals surface area (Å²) in [5.74, 6) is -4.00. The first-order valence-electron chi connectivity index (χ1n) is 9.12. The first-order valence-corrected chi connectivity index (χ1v) is 9.12. The zero-order chi connectivity index (χ0) is 22.0. The third kappa shape index (κ3) is 3.74. The maximum atomic E-state index is 14.0. The van der Waals surface area contributed by atoms with Crippen LogP contribution in [0, 0.1) is 17.6 Å². The highest BCUT2D eigenvalue weighted by Crippen LogP contribution is 2.43. The predicted octanol–water partition coefficient (Wildman–Crippen LogP) is 2.80. The van der Waals surface area contributed by atoms with E-state index in [1.807, 2.05) is 0 Å². The van der Waals surface area contributed by atoms with Crippen LogP contribution in [-0.4, -0.2) is 51.6 Å². The van der Waals surface area contributed by atoms with Crippen molar-refractivity contribution in [2.24, 2.45) is 5.92 Å². The maximum absolute atomic E-state index is 14.0. The molecular formula is C21H22F2N2O5. The smallest absolute Gasteiger partial charge is 0.237 e. The number of methoxy groups -OCH3 is 3. The number of ether oxygens (including phenoxy) is 3. The lowest BCUT2D eigenvalue weighted by Crippen LogP contribution is -2.33. The summed E-state index contributed by atoms with van der Waals surface area (Å²) < 4.78 is 43.5. The summed E-state index contributed by atoms with van der Waals surface area (Å²) in [5.41, 5.74) is 0.285. The van der Waals surface area contributed by atoms with Crippen LogP contribution in [0.5, 0.6) is 17.2 Å². The monoisotopic (exact) mass is 420 g/mol. The average Bonchev–Trinajstić information content (AvgIpc) is 3.04. The van der Waals surface area contributed by atoms with E-state index in [-0.39, 0.29) is 12.2 Å². The van der Waals surface area contributed by atoms with Crippen LogP contribution in [0.4, 0.5) is 14.5 Å². The van der Waals surface area contributed by atoms with Crippen molar-refractivity contribution in [3.05, 3.63) is 47.5 Å². The van der Waals surface area contributed by atoms with E-state index >= 15 is 0 Å². The minimum atomic E-state index is -1.19. The van der Waals surface area contributed by atoms with Crippen LogP contribution in [0.3, 0.4) is 0 Å². The fourth-order valence-corrected chi connectivity index (χ4v) is 3.62. The summed E-state index contributed by atoms with van der Waals surface area (Å²) >= 11 is 0. The Labute approximate surface area is 172 Å². The average molecular weight is 420 g/mol. The van der Waals surface area contributed by atoms with Gasteiger partial charge in [0.1, 0.15) is 5.92 Å². The second kappa shape index (κ2) is 8.56. The Morgan fingerprint density at radius 2 is 1.73 bits per heavy atom. The van der Waals surface area contributed by atoms with Gasteiger partial charge in [0.2, 0.25) is 17.6 Å². The van der Waals surface area contributed by atoms with E-state index in [4.69, 9.17) is 14.2 Å². The molecule has 0 spiro atoms. The van der Waals surface area contributed by atoms with Gasteiger partial charge >= 0.3 is 0 Å². The Kier molecular flexibility index (Phi) is 6.09. The Bertz CT molecular complexity index is 957. The Morgan fingerprint density at radius 1 is 1.10 bits per heavy atom. The van der Waals surface area contributed by atoms with E-state index in [1.54, 1.807) is 19.2 Å². The molecule has 0 bridgehead atoms. The van der Waals surface area contributed by atoms with Gasteiger partial charge in [-0.15, -0.1) is 0 Å². The normalized spacial score (nSPS) is 18.3. The zero-order valence-corrected chi connectivity index (χ0v) is 17.0. The van der Waals surface area contributed by atoms with Gasteiger partial charge in [-0.3, -0.25) is 9.59 Å². The molecular weight excluding hydrogens is 398 g/mol. The molecule has 1 saturated heterocycles. The number of anilines is 1. The molecule has 1 heterocycles. The fraction of sp³-hybridized carbons (Fsp3) is 0.333. The van der Waals surface area contributed by atoms with Gasteiger partial charge in [0.15, 0.2) is 23.1 Å². The molecule has 30 heavy (non-hydrogen) atoms. The van der Waals surface area contributed by atoms with Crippen LogP contribution >= 0.6 is 0 Å². The first-order chi connectivity index (χ1) is 14.3. The lowest BCUT2D eigenvalue weighted by Gasteiger charge is -2.20. The summed E-state index contributed by atoms with van der Waals surface area (Å²) in [6.45, 7) is 0.251. The lowest BCUT2D eigenvalue weighted by atomic mass is 9.87. The van der Waals surface area contributed by atoms with Crippen LogP contribution in [-0.2, 0) is 9.59 Å². The van der Waals surface area contributed by atoms with Crippen LogP contribution in [0.25, 0.3) is 0 Å². The van der Waals surface area contributed by atoms with Crippen molar-refractivity contribution < 1.29 is 32.6 Å². The van der Waals surface area contributed by atoms with E-state index < -0.39 is 35.3 Å². The van der Waals surface area contributed by atoms with Crippen LogP contribution < -0.4 is 19.5 Å². The van der Waals surface area contributed by atoms with Crippen molar-refractivity contribution in [3.63, 3.8) is 0 Å². The molecule has 0 aliphatic carbocycles. The van der Waals surface area contributed by atoms with Gasteiger partial charge in [-0.2, -0.15) is 0 Å². The number of rotatable bonds is 6. The zero-order valence-electron chi connectivity index (χ0n) is 17.0. The second-order valence-corrected chi connectivity index (χ2v) is 6.85. The number of hydrogen-bond donors (Lipinski definition) is 1. The Hall–Kier alpha value is -3.36. The number of nitrogens with zero attached hydrogens (tertiary/aromatic N) is 1. The van der Waals surface area contributed by atoms with E-state index in [0.717, 1.165) is 6.07 Å². The predicted molar refractivity (Wildman–Crippen MR) is 105 cm³/mol. The highest BCUT2D eigenvalue weighted by Gasteiger charge is 2.45. The van der Waals surface area contributed by atoms with Crippen LogP contribution in [0.2, 0.25) is 0 Å². The molecule has 7 nitrogen and oxygen atoms in total. The molecule has 1 N–H and O–H groups in total. The molecule has 2 atom stereocenters. The number of carbonyl (C=O) groups excluding carboxylic acids is 2. The topological polar surface area (TPSA) is 77.1 Å². The Balaban J connectivity index is 1.99. The van der Waals surface area contributed by atoms with Crippen molar-refractivity contribution in [3.8, 4) is 17.2 Å². The third-order valence-electron chi connectivity index (χ3n) is 5.12. The van der Waals surface area contributed by atoms with Gasteiger partial charge in [0.25, 0.3) is 0 Å². The number of hydrogen-bond acceptors (Lipinski definition) is 5. The standard InChI is InChI=1S/C21H22F2N2O5/c1-25-10-12(11-8-15(28-2)19(30-4)16(9-11)29-3)17(21(25)27)20(26)24-14-7-5-6-13(22)18(14)23/h5-9,12,17H,10H2,1-4H3,(H,24,26)/t12-,17+/m1/s1. The number of carbonyl (C=O) groups is 2. The largest absolute Gasteiger partial charge is 0.493 e. The molecule has 0 unspecified atom stereocenters. The molecule has 160 valence electrons. The number of likely N-dealkylation sites (N-methyl/N-ethyl adjacent to an activating group) is 1. The van der Waals surface area contributed by atoms with Crippen LogP contribution in [0.1, 0.15) is 11.5 Å². The van der Waals surface area contributed by atoms with Gasteiger partial charge in [0.05, 0.1) is 27.0 Å². The van der Waals surface area contributed by atoms with Crippen LogP contribution in [0.15, 0.2) is 30.3 Å². The van der Waals surface area contributed by atoms with Crippen molar-refractivity contribution >= 4 is 17.5 Å². The van der Waals surface area contributed by atoms with Gasteiger partial charge in [-0.05, 0) is 29.8 Å². The molecule has 9 heteroatoms. The summed E-state index contributed by atoms with van der Waals surface area (Å²) in [5, 5.41) is 2.33. The minimum absolute atomic E-state index is 0.251. The van der Waals surface area contributed by atoms with Crippen molar-refractivity contribution in [2.45, 2.75) is 5.92 Å². The molecule has 2 aromatic rings. The molecule has 2 amide bonds. The van der Waals surface area contributed by atoms with Gasteiger partial charge in [0, 0.05) is 19.5 Å². The Morgan fingerprint density at radius 3 is 2.30 bits per heavy atom.